The summed E-state index contributed by atoms with van der Waals surface area (Å²) in [7, 11) is 0. The first-order valence-corrected chi connectivity index (χ1v) is 1.95. The first-order chi connectivity index (χ1) is 2.43. The van der Waals surface area contributed by atoms with Crippen LogP contribution in [0.25, 0.3) is 0 Å². The monoisotopic (exact) mass is 308 g/mol. The number of nitrogens with zero attached hydrogens (tertiary/aromatic N) is 1. The largest absolute Gasteiger partial charge is 0.330 e. The topological polar surface area (TPSA) is 3.01 Å². The van der Waals surface area contributed by atoms with Gasteiger partial charge in [-0.2, -0.15) is 0 Å². The molecule has 34 valence electrons. The van der Waals surface area contributed by atoms with E-state index in [0.29, 0.717) is 0 Å². The summed E-state index contributed by atoms with van der Waals surface area (Å²) in [6.07, 6.45) is 0. The Balaban J connectivity index is 0.000000250. The molecule has 0 amide bonds. The molecule has 0 spiro atoms. The van der Waals surface area contributed by atoms with Crippen molar-refractivity contribution in [3.63, 3.8) is 0 Å². The minimum atomic E-state index is 0. The molecule has 0 aromatic carbocycles. The first-order valence-electron chi connectivity index (χ1n) is 1.95. The van der Waals surface area contributed by atoms with Crippen molar-refractivity contribution < 1.29 is 31.1 Å². The average molecular weight is 308 g/mol. The SMILES string of the molecule is [CH2-]CN1CC1.[U]. The van der Waals surface area contributed by atoms with Crippen LogP contribution in [0.5, 0.6) is 0 Å². The van der Waals surface area contributed by atoms with Crippen molar-refractivity contribution in [3.8, 4) is 0 Å². The summed E-state index contributed by atoms with van der Waals surface area (Å²) in [5, 5.41) is 0. The van der Waals surface area contributed by atoms with E-state index in [9.17, 15) is 0 Å². The molecule has 0 aromatic heterocycles. The van der Waals surface area contributed by atoms with Crippen molar-refractivity contribution in [1.82, 2.24) is 4.90 Å². The van der Waals surface area contributed by atoms with E-state index in [1.165, 1.54) is 13.1 Å². The van der Waals surface area contributed by atoms with E-state index in [1.807, 2.05) is 0 Å². The van der Waals surface area contributed by atoms with Crippen molar-refractivity contribution in [2.45, 2.75) is 0 Å². The van der Waals surface area contributed by atoms with E-state index in [1.54, 1.807) is 0 Å². The zero-order valence-corrected chi connectivity index (χ0v) is 7.94. The Kier molecular flexibility index (Phi) is 3.59. The van der Waals surface area contributed by atoms with Gasteiger partial charge in [0.1, 0.15) is 0 Å². The quantitative estimate of drug-likeness (QED) is 0.492. The predicted molar refractivity (Wildman–Crippen MR) is 21.8 cm³/mol. The van der Waals surface area contributed by atoms with Gasteiger partial charge in [0.15, 0.2) is 0 Å². The molecule has 1 aliphatic heterocycles. The fraction of sp³-hybridized carbons (Fsp3) is 0.750. The van der Waals surface area contributed by atoms with E-state index in [2.05, 4.69) is 11.8 Å². The second-order valence-corrected chi connectivity index (χ2v) is 1.34. The molecule has 1 fully saturated rings. The van der Waals surface area contributed by atoms with Crippen molar-refractivity contribution in [2.75, 3.05) is 19.6 Å². The van der Waals surface area contributed by atoms with Crippen LogP contribution in [-0.2, 0) is 0 Å². The molecule has 1 aliphatic rings. The van der Waals surface area contributed by atoms with Crippen molar-refractivity contribution in [2.24, 2.45) is 0 Å². The number of hydrogen-bond acceptors (Lipinski definition) is 1. The second-order valence-electron chi connectivity index (χ2n) is 1.34. The molecule has 0 radical (unpaired) electrons. The van der Waals surface area contributed by atoms with Gasteiger partial charge in [-0.3, -0.25) is 0 Å². The Morgan fingerprint density at radius 2 is 2.00 bits per heavy atom. The summed E-state index contributed by atoms with van der Waals surface area (Å²) < 4.78 is 0. The molecule has 0 bridgehead atoms. The molecule has 1 saturated heterocycles. The second kappa shape index (κ2) is 3.07. The maximum absolute atomic E-state index is 3.67. The third kappa shape index (κ3) is 2.23. The van der Waals surface area contributed by atoms with Crippen LogP contribution in [0.1, 0.15) is 0 Å². The molecule has 0 atom stereocenters. The summed E-state index contributed by atoms with van der Waals surface area (Å²) in [5.74, 6) is 0. The van der Waals surface area contributed by atoms with Gasteiger partial charge in [0.2, 0.25) is 0 Å². The van der Waals surface area contributed by atoms with E-state index in [-0.39, 0.29) is 31.1 Å². The molecule has 1 nitrogen and oxygen atoms in total. The molecule has 0 unspecified atom stereocenters. The first kappa shape index (κ1) is 7.01. The van der Waals surface area contributed by atoms with Gasteiger partial charge in [0.25, 0.3) is 0 Å². The summed E-state index contributed by atoms with van der Waals surface area (Å²) in [5.41, 5.74) is 0. The van der Waals surface area contributed by atoms with Gasteiger partial charge in [-0.05, 0) is 0 Å². The zero-order chi connectivity index (χ0) is 3.70. The molecule has 0 aromatic rings. The fourth-order valence-electron chi connectivity index (χ4n) is 0.294. The van der Waals surface area contributed by atoms with Gasteiger partial charge in [0.05, 0.1) is 0 Å². The third-order valence-electron chi connectivity index (χ3n) is 0.856. The smallest absolute Gasteiger partial charge is 0.00802 e. The van der Waals surface area contributed by atoms with Gasteiger partial charge < -0.3 is 11.8 Å². The maximum atomic E-state index is 3.67. The Morgan fingerprint density at radius 1 is 1.50 bits per heavy atom. The van der Waals surface area contributed by atoms with Crippen LogP contribution in [0.4, 0.5) is 0 Å². The van der Waals surface area contributed by atoms with E-state index >= 15 is 0 Å². The summed E-state index contributed by atoms with van der Waals surface area (Å²) in [4.78, 5) is 2.26. The molecule has 1 rings (SSSR count). The van der Waals surface area contributed by atoms with Crippen LogP contribution < -0.4 is 0 Å². The minimum absolute atomic E-state index is 0. The van der Waals surface area contributed by atoms with Gasteiger partial charge in [-0.15, -0.1) is 6.54 Å². The van der Waals surface area contributed by atoms with Gasteiger partial charge >= 0.3 is 0 Å². The average Bonchev–Trinajstić information content (AvgIpc) is 2.12. The Hall–Kier alpha value is 1.01. The molecule has 2 heteroatoms. The van der Waals surface area contributed by atoms with Crippen LogP contribution >= 0.6 is 0 Å². The van der Waals surface area contributed by atoms with Gasteiger partial charge in [-0.25, -0.2) is 0 Å². The Bertz CT molecular complexity index is 34.5. The molecular formula is C4H8NU-. The molecule has 0 N–H and O–H groups in total. The van der Waals surface area contributed by atoms with Crippen molar-refractivity contribution in [3.05, 3.63) is 6.92 Å². The number of hydrogen-bond donors (Lipinski definition) is 0. The van der Waals surface area contributed by atoms with Gasteiger partial charge in [0, 0.05) is 44.2 Å². The molecule has 0 saturated carbocycles. The summed E-state index contributed by atoms with van der Waals surface area (Å²) >= 11 is 0. The molecule has 0 aliphatic carbocycles. The fourth-order valence-corrected chi connectivity index (χ4v) is 0.294. The third-order valence-corrected chi connectivity index (χ3v) is 0.856. The predicted octanol–water partition coefficient (Wildman–Crippen LogP) is 0.136. The van der Waals surface area contributed by atoms with Crippen LogP contribution in [0.15, 0.2) is 0 Å². The normalized spacial score (nSPS) is 19.5. The summed E-state index contributed by atoms with van der Waals surface area (Å²) in [6, 6.07) is 0. The Morgan fingerprint density at radius 3 is 2.00 bits per heavy atom. The van der Waals surface area contributed by atoms with Crippen molar-refractivity contribution >= 4 is 0 Å². The summed E-state index contributed by atoms with van der Waals surface area (Å²) in [6.45, 7) is 7.24. The van der Waals surface area contributed by atoms with Gasteiger partial charge in [-0.1, -0.05) is 0 Å². The zero-order valence-electron chi connectivity index (χ0n) is 3.78. The van der Waals surface area contributed by atoms with E-state index in [4.69, 9.17) is 0 Å². The molecule has 1 heterocycles. The van der Waals surface area contributed by atoms with Crippen LogP contribution in [0.2, 0.25) is 0 Å². The van der Waals surface area contributed by atoms with E-state index < -0.39 is 0 Å². The minimum Gasteiger partial charge on any atom is -0.330 e. The standard InChI is InChI=1S/C4H8N.U/c1-2-5-3-4-5;/h1-4H2;/q-1;. The molecular weight excluding hydrogens is 300 g/mol. The van der Waals surface area contributed by atoms with Crippen LogP contribution in [0, 0.1) is 38.0 Å². The number of rotatable bonds is 1. The van der Waals surface area contributed by atoms with Crippen molar-refractivity contribution in [1.29, 1.82) is 0 Å². The molecule has 6 heavy (non-hydrogen) atoms. The van der Waals surface area contributed by atoms with Crippen LogP contribution in [0.3, 0.4) is 0 Å². The van der Waals surface area contributed by atoms with Crippen LogP contribution in [-0.4, -0.2) is 24.5 Å². The van der Waals surface area contributed by atoms with E-state index in [0.717, 1.165) is 6.54 Å². The Labute approximate surface area is 62.5 Å². The maximum Gasteiger partial charge on any atom is 0.00802 e.